The van der Waals surface area contributed by atoms with E-state index in [-0.39, 0.29) is 18.3 Å². The summed E-state index contributed by atoms with van der Waals surface area (Å²) < 4.78 is 4.50. The van der Waals surface area contributed by atoms with Crippen molar-refractivity contribution >= 4 is 12.3 Å². The summed E-state index contributed by atoms with van der Waals surface area (Å²) >= 11 is 0. The van der Waals surface area contributed by atoms with Gasteiger partial charge in [-0.15, -0.1) is 0 Å². The van der Waals surface area contributed by atoms with Crippen molar-refractivity contribution in [1.29, 1.82) is 0 Å². The third-order valence-corrected chi connectivity index (χ3v) is 2.82. The molecule has 0 saturated carbocycles. The lowest BCUT2D eigenvalue weighted by atomic mass is 9.86. The number of nitrogens with one attached hydrogen (secondary N) is 1. The van der Waals surface area contributed by atoms with Gasteiger partial charge < -0.3 is 10.1 Å². The second-order valence-electron chi connectivity index (χ2n) is 4.53. The predicted molar refractivity (Wildman–Crippen MR) is 56.3 cm³/mol. The van der Waals surface area contributed by atoms with Gasteiger partial charge in [-0.2, -0.15) is 0 Å². The molecule has 0 radical (unpaired) electrons. The highest BCUT2D eigenvalue weighted by atomic mass is 16.5. The lowest BCUT2D eigenvalue weighted by molar-refractivity contribution is -0.138. The maximum atomic E-state index is 11.7. The zero-order chi connectivity index (χ0) is 11.3. The quantitative estimate of drug-likeness (QED) is 0.657. The molecule has 86 valence electrons. The van der Waals surface area contributed by atoms with Gasteiger partial charge >= 0.3 is 0 Å². The van der Waals surface area contributed by atoms with Crippen molar-refractivity contribution in [2.45, 2.75) is 20.3 Å². The Bertz CT molecular complexity index is 228. The van der Waals surface area contributed by atoms with Gasteiger partial charge in [0.25, 0.3) is 6.47 Å². The number of ketones is 1. The van der Waals surface area contributed by atoms with E-state index in [0.29, 0.717) is 18.3 Å². The van der Waals surface area contributed by atoms with E-state index < -0.39 is 0 Å². The minimum atomic E-state index is -0.0789. The number of carbonyl (C=O) groups excluding carboxylic acids is 2. The summed E-state index contributed by atoms with van der Waals surface area (Å²) in [4.78, 5) is 21.7. The minimum Gasteiger partial charge on any atom is -0.460 e. The molecule has 2 atom stereocenters. The van der Waals surface area contributed by atoms with Crippen LogP contribution in [0.25, 0.3) is 0 Å². The molecule has 0 amide bonds. The van der Waals surface area contributed by atoms with Gasteiger partial charge in [0, 0.05) is 12.5 Å². The third kappa shape index (κ3) is 3.63. The van der Waals surface area contributed by atoms with Crippen LogP contribution in [0.1, 0.15) is 20.3 Å². The van der Waals surface area contributed by atoms with E-state index in [2.05, 4.69) is 23.9 Å². The molecule has 0 aliphatic carbocycles. The lowest BCUT2D eigenvalue weighted by Crippen LogP contribution is -2.27. The Kier molecular flexibility index (Phi) is 4.75. The van der Waals surface area contributed by atoms with Gasteiger partial charge in [-0.3, -0.25) is 9.59 Å². The summed E-state index contributed by atoms with van der Waals surface area (Å²) in [6.07, 6.45) is 1.05. The average molecular weight is 213 g/mol. The second-order valence-corrected chi connectivity index (χ2v) is 4.53. The molecule has 1 saturated heterocycles. The molecule has 1 N–H and O–H groups in total. The summed E-state index contributed by atoms with van der Waals surface area (Å²) in [6.45, 7) is 6.18. The van der Waals surface area contributed by atoms with Crippen LogP contribution in [0.2, 0.25) is 0 Å². The molecule has 0 bridgehead atoms. The van der Waals surface area contributed by atoms with Gasteiger partial charge in [0.15, 0.2) is 5.78 Å². The van der Waals surface area contributed by atoms with E-state index in [9.17, 15) is 9.59 Å². The largest absolute Gasteiger partial charge is 0.460 e. The molecule has 4 heteroatoms. The van der Waals surface area contributed by atoms with Gasteiger partial charge in [0.05, 0.1) is 0 Å². The number of rotatable bonds is 6. The van der Waals surface area contributed by atoms with Crippen LogP contribution in [-0.2, 0) is 14.3 Å². The van der Waals surface area contributed by atoms with Crippen molar-refractivity contribution in [2.24, 2.45) is 17.8 Å². The van der Waals surface area contributed by atoms with Crippen molar-refractivity contribution < 1.29 is 14.3 Å². The van der Waals surface area contributed by atoms with Crippen molar-refractivity contribution in [3.63, 3.8) is 0 Å². The summed E-state index contributed by atoms with van der Waals surface area (Å²) in [5.41, 5.74) is 0. The van der Waals surface area contributed by atoms with Crippen LogP contribution in [0.4, 0.5) is 0 Å². The number of ether oxygens (including phenoxy) is 1. The van der Waals surface area contributed by atoms with E-state index in [1.165, 1.54) is 0 Å². The first kappa shape index (κ1) is 12.2. The van der Waals surface area contributed by atoms with Crippen LogP contribution >= 0.6 is 0 Å². The zero-order valence-corrected chi connectivity index (χ0v) is 9.36. The third-order valence-electron chi connectivity index (χ3n) is 2.82. The molecule has 0 aromatic heterocycles. The molecule has 2 unspecified atom stereocenters. The summed E-state index contributed by atoms with van der Waals surface area (Å²) in [5, 5.41) is 3.22. The average Bonchev–Trinajstić information content (AvgIpc) is 2.61. The molecule has 0 spiro atoms. The van der Waals surface area contributed by atoms with Crippen LogP contribution in [-0.4, -0.2) is 32.0 Å². The molecule has 1 aliphatic heterocycles. The highest BCUT2D eigenvalue weighted by Crippen LogP contribution is 2.24. The molecule has 0 aromatic carbocycles. The normalized spacial score (nSPS) is 25.5. The Hall–Kier alpha value is -0.900. The molecule has 1 fully saturated rings. The van der Waals surface area contributed by atoms with E-state index >= 15 is 0 Å². The van der Waals surface area contributed by atoms with Crippen molar-refractivity contribution in [3.8, 4) is 0 Å². The first-order valence-corrected chi connectivity index (χ1v) is 5.43. The lowest BCUT2D eigenvalue weighted by Gasteiger charge is -2.18. The Balaban J connectivity index is 2.44. The van der Waals surface area contributed by atoms with Gasteiger partial charge in [-0.1, -0.05) is 13.8 Å². The Morgan fingerprint density at radius 2 is 2.27 bits per heavy atom. The maximum absolute atomic E-state index is 11.7. The topological polar surface area (TPSA) is 55.4 Å². The monoisotopic (exact) mass is 213 g/mol. The summed E-state index contributed by atoms with van der Waals surface area (Å²) in [5.74, 6) is 1.05. The number of hydrogen-bond acceptors (Lipinski definition) is 4. The highest BCUT2D eigenvalue weighted by Gasteiger charge is 2.32. The molecule has 0 aromatic rings. The van der Waals surface area contributed by atoms with Crippen LogP contribution in [0.15, 0.2) is 0 Å². The molecule has 15 heavy (non-hydrogen) atoms. The van der Waals surface area contributed by atoms with E-state index in [1.54, 1.807) is 0 Å². The van der Waals surface area contributed by atoms with Gasteiger partial charge in [-0.25, -0.2) is 0 Å². The van der Waals surface area contributed by atoms with E-state index in [1.807, 2.05) is 0 Å². The first-order valence-electron chi connectivity index (χ1n) is 5.43. The smallest absolute Gasteiger partial charge is 0.293 e. The van der Waals surface area contributed by atoms with Crippen LogP contribution in [0.3, 0.4) is 0 Å². The van der Waals surface area contributed by atoms with Gasteiger partial charge in [0.2, 0.25) is 0 Å². The Labute approximate surface area is 90.4 Å². The number of carbonyl (C=O) groups is 2. The molecule has 1 aliphatic rings. The van der Waals surface area contributed by atoms with Crippen LogP contribution < -0.4 is 5.32 Å². The van der Waals surface area contributed by atoms with Gasteiger partial charge in [-0.05, 0) is 24.8 Å². The second kappa shape index (κ2) is 5.85. The van der Waals surface area contributed by atoms with Crippen molar-refractivity contribution in [2.75, 3.05) is 19.7 Å². The summed E-state index contributed by atoms with van der Waals surface area (Å²) in [7, 11) is 0. The molecule has 4 nitrogen and oxygen atoms in total. The van der Waals surface area contributed by atoms with Crippen LogP contribution in [0, 0.1) is 17.8 Å². The first-order chi connectivity index (χ1) is 7.15. The Morgan fingerprint density at radius 1 is 1.53 bits per heavy atom. The van der Waals surface area contributed by atoms with Gasteiger partial charge in [0.1, 0.15) is 6.61 Å². The fourth-order valence-corrected chi connectivity index (χ4v) is 2.19. The van der Waals surface area contributed by atoms with Crippen molar-refractivity contribution in [3.05, 3.63) is 0 Å². The SMILES string of the molecule is CC(C)CC1CNCC1C(=O)COC=O. The molecular formula is C11H19NO3. The van der Waals surface area contributed by atoms with E-state index in [4.69, 9.17) is 0 Å². The zero-order valence-electron chi connectivity index (χ0n) is 9.36. The highest BCUT2D eigenvalue weighted by molar-refractivity contribution is 5.83. The predicted octanol–water partition coefficient (Wildman–Crippen LogP) is 0.610. The molecule has 1 heterocycles. The van der Waals surface area contributed by atoms with Crippen LogP contribution in [0.5, 0.6) is 0 Å². The fraction of sp³-hybridized carbons (Fsp3) is 0.818. The number of Topliss-reactive ketones (excluding diaryl/α,β-unsaturated/α-hetero) is 1. The maximum Gasteiger partial charge on any atom is 0.293 e. The minimum absolute atomic E-state index is 0.0207. The number of hydrogen-bond donors (Lipinski definition) is 1. The fourth-order valence-electron chi connectivity index (χ4n) is 2.19. The Morgan fingerprint density at radius 3 is 2.87 bits per heavy atom. The van der Waals surface area contributed by atoms with E-state index in [0.717, 1.165) is 19.5 Å². The molecular weight excluding hydrogens is 194 g/mol. The van der Waals surface area contributed by atoms with Crippen molar-refractivity contribution in [1.82, 2.24) is 5.32 Å². The standard InChI is InChI=1S/C11H19NO3/c1-8(2)3-9-4-12-5-10(9)11(14)6-15-7-13/h7-10,12H,3-6H2,1-2H3. The molecule has 1 rings (SSSR count). The summed E-state index contributed by atoms with van der Waals surface area (Å²) in [6, 6.07) is 0.